The summed E-state index contributed by atoms with van der Waals surface area (Å²) < 4.78 is 21.6. The van der Waals surface area contributed by atoms with Gasteiger partial charge in [-0.05, 0) is 93.9 Å². The van der Waals surface area contributed by atoms with Gasteiger partial charge in [-0.3, -0.25) is 9.69 Å². The molecule has 4 rings (SSSR count). The number of carbonyl (C=O) groups is 2. The van der Waals surface area contributed by atoms with Crippen molar-refractivity contribution < 1.29 is 18.7 Å². The molecule has 0 saturated heterocycles. The lowest BCUT2D eigenvalue weighted by Gasteiger charge is -2.18. The maximum absolute atomic E-state index is 13.6. The highest BCUT2D eigenvalue weighted by atomic mass is 79.9. The first-order valence-corrected chi connectivity index (χ1v) is 11.7. The lowest BCUT2D eigenvalue weighted by atomic mass is 10.0. The van der Waals surface area contributed by atoms with Crippen LogP contribution in [-0.2, 0) is 14.3 Å². The minimum absolute atomic E-state index is 0.203. The number of carbonyl (C=O) groups excluding carboxylic acids is 2. The van der Waals surface area contributed by atoms with E-state index in [-0.39, 0.29) is 29.5 Å². The number of benzene rings is 2. The molecule has 3 aromatic rings. The molecule has 1 aromatic heterocycles. The average Bonchev–Trinajstić information content (AvgIpc) is 3.21. The Morgan fingerprint density at radius 1 is 1.03 bits per heavy atom. The van der Waals surface area contributed by atoms with Gasteiger partial charge < -0.3 is 9.30 Å². The predicted molar refractivity (Wildman–Crippen MR) is 134 cm³/mol. The summed E-state index contributed by atoms with van der Waals surface area (Å²) in [5.41, 5.74) is 5.10. The Morgan fingerprint density at radius 3 is 2.26 bits per heavy atom. The Hall–Kier alpha value is -3.45. The van der Waals surface area contributed by atoms with E-state index in [0.29, 0.717) is 11.4 Å². The number of hydrogen-bond acceptors (Lipinski definition) is 3. The Labute approximate surface area is 206 Å². The normalized spacial score (nSPS) is 14.9. The van der Waals surface area contributed by atoms with Crippen molar-refractivity contribution in [3.05, 3.63) is 98.7 Å². The van der Waals surface area contributed by atoms with Gasteiger partial charge in [0.1, 0.15) is 5.82 Å². The summed E-state index contributed by atoms with van der Waals surface area (Å²) in [7, 11) is 0. The molecule has 0 saturated carbocycles. The predicted octanol–water partition coefficient (Wildman–Crippen LogP) is 6.26. The standard InChI is InChI=1S/C27H24BrFN2O3/c1-5-34-27(33)25-18(4)31(23-10-6-20(28)7-11-23)26(32)24(25)15-19-14-16(2)30(17(19)3)22-12-8-21(29)9-13-22/h6-15H,5H2,1-4H3/b24-15-. The number of allylic oxidation sites excluding steroid dienone is 1. The van der Waals surface area contributed by atoms with Crippen LogP contribution in [-0.4, -0.2) is 23.1 Å². The quantitative estimate of drug-likeness (QED) is 0.293. The van der Waals surface area contributed by atoms with Crippen molar-refractivity contribution in [2.24, 2.45) is 0 Å². The Bertz CT molecular complexity index is 1340. The van der Waals surface area contributed by atoms with E-state index in [1.807, 2.05) is 48.7 Å². The largest absolute Gasteiger partial charge is 0.462 e. The number of halogens is 2. The second-order valence-electron chi connectivity index (χ2n) is 7.99. The van der Waals surface area contributed by atoms with Crippen molar-refractivity contribution in [3.63, 3.8) is 0 Å². The van der Waals surface area contributed by atoms with Crippen LogP contribution >= 0.6 is 15.9 Å². The Kier molecular flexibility index (Phi) is 6.57. The summed E-state index contributed by atoms with van der Waals surface area (Å²) in [5.74, 6) is -1.14. The van der Waals surface area contributed by atoms with E-state index < -0.39 is 5.97 Å². The molecule has 174 valence electrons. The summed E-state index contributed by atoms with van der Waals surface area (Å²) >= 11 is 3.41. The molecular formula is C27H24BrFN2O3. The van der Waals surface area contributed by atoms with E-state index in [9.17, 15) is 14.0 Å². The second kappa shape index (κ2) is 9.43. The SMILES string of the molecule is CCOC(=O)C1=C(C)N(c2ccc(Br)cc2)C(=O)/C1=C\c1cc(C)n(-c2ccc(F)cc2)c1C. The molecule has 1 aliphatic heterocycles. The maximum Gasteiger partial charge on any atom is 0.340 e. The zero-order valence-corrected chi connectivity index (χ0v) is 20.9. The molecule has 0 aliphatic carbocycles. The molecule has 1 aliphatic rings. The van der Waals surface area contributed by atoms with Crippen LogP contribution in [0, 0.1) is 19.7 Å². The van der Waals surface area contributed by atoms with Crippen LogP contribution in [0.1, 0.15) is 30.8 Å². The summed E-state index contributed by atoms with van der Waals surface area (Å²) in [6, 6.07) is 15.5. The highest BCUT2D eigenvalue weighted by Gasteiger charge is 2.38. The van der Waals surface area contributed by atoms with E-state index >= 15 is 0 Å². The zero-order valence-electron chi connectivity index (χ0n) is 19.4. The fourth-order valence-corrected chi connectivity index (χ4v) is 4.52. The molecule has 0 bridgehead atoms. The third-order valence-corrected chi connectivity index (χ3v) is 6.35. The summed E-state index contributed by atoms with van der Waals surface area (Å²) in [6.45, 7) is 7.55. The van der Waals surface area contributed by atoms with Crippen molar-refractivity contribution in [2.75, 3.05) is 11.5 Å². The fraction of sp³-hybridized carbons (Fsp3) is 0.185. The van der Waals surface area contributed by atoms with Crippen LogP contribution in [0.25, 0.3) is 11.8 Å². The number of nitrogens with zero attached hydrogens (tertiary/aromatic N) is 2. The fourth-order valence-electron chi connectivity index (χ4n) is 4.26. The number of aromatic nitrogens is 1. The number of amides is 1. The molecule has 0 fully saturated rings. The van der Waals surface area contributed by atoms with Crippen LogP contribution in [0.4, 0.5) is 10.1 Å². The number of esters is 1. The molecule has 2 aromatic carbocycles. The number of ether oxygens (including phenoxy) is 1. The number of hydrogen-bond donors (Lipinski definition) is 0. The number of anilines is 1. The Balaban J connectivity index is 1.84. The van der Waals surface area contributed by atoms with E-state index in [1.165, 1.54) is 17.0 Å². The zero-order chi connectivity index (χ0) is 24.6. The van der Waals surface area contributed by atoms with Crippen LogP contribution < -0.4 is 4.90 Å². The average molecular weight is 523 g/mol. The van der Waals surface area contributed by atoms with E-state index in [2.05, 4.69) is 15.9 Å². The molecule has 0 N–H and O–H groups in total. The first-order valence-electron chi connectivity index (χ1n) is 10.9. The molecular weight excluding hydrogens is 499 g/mol. The van der Waals surface area contributed by atoms with Gasteiger partial charge in [-0.15, -0.1) is 0 Å². The van der Waals surface area contributed by atoms with Crippen molar-refractivity contribution in [3.8, 4) is 5.69 Å². The number of rotatable bonds is 5. The van der Waals surface area contributed by atoms with Gasteiger partial charge in [-0.2, -0.15) is 0 Å². The van der Waals surface area contributed by atoms with Crippen LogP contribution in [0.3, 0.4) is 0 Å². The summed E-state index contributed by atoms with van der Waals surface area (Å²) in [4.78, 5) is 28.0. The van der Waals surface area contributed by atoms with Gasteiger partial charge in [0.25, 0.3) is 5.91 Å². The molecule has 0 atom stereocenters. The smallest absolute Gasteiger partial charge is 0.340 e. The first kappa shape index (κ1) is 23.7. The van der Waals surface area contributed by atoms with Crippen LogP contribution in [0.15, 0.2) is 75.9 Å². The van der Waals surface area contributed by atoms with Crippen molar-refractivity contribution in [1.82, 2.24) is 4.57 Å². The summed E-state index contributed by atoms with van der Waals surface area (Å²) in [6.07, 6.45) is 1.74. The minimum atomic E-state index is -0.536. The van der Waals surface area contributed by atoms with Gasteiger partial charge in [-0.25, -0.2) is 9.18 Å². The van der Waals surface area contributed by atoms with Crippen LogP contribution in [0.5, 0.6) is 0 Å². The highest BCUT2D eigenvalue weighted by molar-refractivity contribution is 9.10. The summed E-state index contributed by atoms with van der Waals surface area (Å²) in [5, 5.41) is 0. The lowest BCUT2D eigenvalue weighted by molar-refractivity contribution is -0.138. The first-order chi connectivity index (χ1) is 16.2. The molecule has 0 radical (unpaired) electrons. The lowest BCUT2D eigenvalue weighted by Crippen LogP contribution is -2.24. The molecule has 34 heavy (non-hydrogen) atoms. The molecule has 0 unspecified atom stereocenters. The molecule has 7 heteroatoms. The van der Waals surface area contributed by atoms with Crippen molar-refractivity contribution >= 4 is 39.6 Å². The Morgan fingerprint density at radius 2 is 1.65 bits per heavy atom. The van der Waals surface area contributed by atoms with Crippen molar-refractivity contribution in [1.29, 1.82) is 0 Å². The van der Waals surface area contributed by atoms with E-state index in [4.69, 9.17) is 4.74 Å². The number of aryl methyl sites for hydroxylation is 1. The maximum atomic E-state index is 13.6. The second-order valence-corrected chi connectivity index (χ2v) is 8.91. The molecule has 1 amide bonds. The topological polar surface area (TPSA) is 51.5 Å². The molecule has 5 nitrogen and oxygen atoms in total. The van der Waals surface area contributed by atoms with Gasteiger partial charge in [0.2, 0.25) is 0 Å². The van der Waals surface area contributed by atoms with Gasteiger partial charge >= 0.3 is 5.97 Å². The van der Waals surface area contributed by atoms with Gasteiger partial charge in [-0.1, -0.05) is 15.9 Å². The highest BCUT2D eigenvalue weighted by Crippen LogP contribution is 2.36. The van der Waals surface area contributed by atoms with E-state index in [0.717, 1.165) is 27.1 Å². The third kappa shape index (κ3) is 4.23. The van der Waals surface area contributed by atoms with Gasteiger partial charge in [0.05, 0.1) is 17.8 Å². The third-order valence-electron chi connectivity index (χ3n) is 5.82. The minimum Gasteiger partial charge on any atom is -0.462 e. The molecule has 2 heterocycles. The van der Waals surface area contributed by atoms with Crippen LogP contribution in [0.2, 0.25) is 0 Å². The van der Waals surface area contributed by atoms with Gasteiger partial charge in [0.15, 0.2) is 0 Å². The van der Waals surface area contributed by atoms with Crippen molar-refractivity contribution in [2.45, 2.75) is 27.7 Å². The monoisotopic (exact) mass is 522 g/mol. The van der Waals surface area contributed by atoms with E-state index in [1.54, 1.807) is 32.1 Å². The van der Waals surface area contributed by atoms with Gasteiger partial charge in [0, 0.05) is 32.9 Å². The molecule has 0 spiro atoms.